The fraction of sp³-hybridized carbons (Fsp3) is 0.467. The second kappa shape index (κ2) is 4.92. The van der Waals surface area contributed by atoms with Gasteiger partial charge in [-0.1, -0.05) is 12.1 Å². The highest BCUT2D eigenvalue weighted by molar-refractivity contribution is 5.87. The van der Waals surface area contributed by atoms with Crippen LogP contribution >= 0.6 is 0 Å². The van der Waals surface area contributed by atoms with Gasteiger partial charge in [-0.25, -0.2) is 0 Å². The molecule has 0 spiro atoms. The molecule has 2 nitrogen and oxygen atoms in total. The second-order valence-corrected chi connectivity index (χ2v) is 4.77. The van der Waals surface area contributed by atoms with Gasteiger partial charge in [0.1, 0.15) is 0 Å². The predicted octanol–water partition coefficient (Wildman–Crippen LogP) is 3.89. The Hall–Kier alpha value is -1.28. The van der Waals surface area contributed by atoms with E-state index in [0.717, 1.165) is 6.54 Å². The fourth-order valence-corrected chi connectivity index (χ4v) is 2.26. The molecule has 92 valence electrons. The summed E-state index contributed by atoms with van der Waals surface area (Å²) >= 11 is 0. The van der Waals surface area contributed by atoms with Gasteiger partial charge in [0.2, 0.25) is 0 Å². The summed E-state index contributed by atoms with van der Waals surface area (Å²) in [7, 11) is 0. The van der Waals surface area contributed by atoms with Crippen LogP contribution in [-0.2, 0) is 17.9 Å². The largest absolute Gasteiger partial charge is 0.374 e. The van der Waals surface area contributed by atoms with Crippen molar-refractivity contribution in [3.8, 4) is 0 Å². The Morgan fingerprint density at radius 3 is 2.71 bits per heavy atom. The highest BCUT2D eigenvalue weighted by Gasteiger charge is 2.10. The zero-order valence-electron chi connectivity index (χ0n) is 11.2. The van der Waals surface area contributed by atoms with Gasteiger partial charge in [-0.2, -0.15) is 0 Å². The standard InChI is InChI=1S/C15H21NO/c1-5-16-9-13(10-17-11(2)3)15-12(4)7-6-8-14(15)16/h6-9,11H,5,10H2,1-4H3. The number of benzene rings is 1. The molecule has 1 heterocycles. The molecule has 1 aromatic carbocycles. The SMILES string of the molecule is CCn1cc(COC(C)C)c2c(C)cccc21. The first-order valence-corrected chi connectivity index (χ1v) is 6.32. The van der Waals surface area contributed by atoms with Crippen molar-refractivity contribution in [1.29, 1.82) is 0 Å². The molecule has 0 fully saturated rings. The van der Waals surface area contributed by atoms with Crippen LogP contribution in [0.1, 0.15) is 31.9 Å². The first-order valence-electron chi connectivity index (χ1n) is 6.32. The zero-order chi connectivity index (χ0) is 12.4. The van der Waals surface area contributed by atoms with Crippen LogP contribution in [0.25, 0.3) is 10.9 Å². The van der Waals surface area contributed by atoms with Crippen molar-refractivity contribution in [1.82, 2.24) is 4.57 Å². The molecule has 0 atom stereocenters. The summed E-state index contributed by atoms with van der Waals surface area (Å²) in [4.78, 5) is 0. The minimum atomic E-state index is 0.277. The van der Waals surface area contributed by atoms with Gasteiger partial charge in [0.15, 0.2) is 0 Å². The Morgan fingerprint density at radius 2 is 2.06 bits per heavy atom. The fourth-order valence-electron chi connectivity index (χ4n) is 2.26. The molecular formula is C15H21NO. The summed E-state index contributed by atoms with van der Waals surface area (Å²) in [6.45, 7) is 10.2. The van der Waals surface area contributed by atoms with Crippen LogP contribution in [0.5, 0.6) is 0 Å². The number of ether oxygens (including phenoxy) is 1. The molecule has 0 saturated carbocycles. The van der Waals surface area contributed by atoms with E-state index in [0.29, 0.717) is 6.61 Å². The second-order valence-electron chi connectivity index (χ2n) is 4.77. The number of rotatable bonds is 4. The normalized spacial score (nSPS) is 11.6. The molecule has 2 aromatic rings. The monoisotopic (exact) mass is 231 g/mol. The minimum Gasteiger partial charge on any atom is -0.374 e. The molecule has 0 bridgehead atoms. The average molecular weight is 231 g/mol. The Morgan fingerprint density at radius 1 is 1.29 bits per heavy atom. The Balaban J connectivity index is 2.47. The molecule has 0 radical (unpaired) electrons. The number of aryl methyl sites for hydroxylation is 2. The molecule has 2 heteroatoms. The van der Waals surface area contributed by atoms with Gasteiger partial charge in [0, 0.05) is 29.2 Å². The van der Waals surface area contributed by atoms with Crippen molar-refractivity contribution in [2.45, 2.75) is 47.0 Å². The first kappa shape index (κ1) is 12.2. The van der Waals surface area contributed by atoms with Crippen molar-refractivity contribution >= 4 is 10.9 Å². The van der Waals surface area contributed by atoms with Crippen LogP contribution in [0.2, 0.25) is 0 Å². The predicted molar refractivity (Wildman–Crippen MR) is 72.3 cm³/mol. The van der Waals surface area contributed by atoms with E-state index in [1.54, 1.807) is 0 Å². The van der Waals surface area contributed by atoms with Crippen molar-refractivity contribution < 1.29 is 4.74 Å². The van der Waals surface area contributed by atoms with E-state index < -0.39 is 0 Å². The Bertz CT molecular complexity index is 511. The lowest BCUT2D eigenvalue weighted by Gasteiger charge is -2.07. The van der Waals surface area contributed by atoms with Crippen LogP contribution < -0.4 is 0 Å². The van der Waals surface area contributed by atoms with E-state index in [9.17, 15) is 0 Å². The van der Waals surface area contributed by atoms with Crippen LogP contribution in [0.3, 0.4) is 0 Å². The Labute approximate surface area is 103 Å². The molecule has 0 N–H and O–H groups in total. The molecule has 1 aromatic heterocycles. The van der Waals surface area contributed by atoms with E-state index in [-0.39, 0.29) is 6.10 Å². The summed E-state index contributed by atoms with van der Waals surface area (Å²) in [5.74, 6) is 0. The van der Waals surface area contributed by atoms with Crippen LogP contribution in [0.4, 0.5) is 0 Å². The first-order chi connectivity index (χ1) is 8.13. The maximum atomic E-state index is 5.74. The average Bonchev–Trinajstić information content (AvgIpc) is 2.66. The molecule has 0 aliphatic rings. The number of hydrogen-bond acceptors (Lipinski definition) is 1. The van der Waals surface area contributed by atoms with Crippen molar-refractivity contribution in [3.05, 3.63) is 35.5 Å². The highest BCUT2D eigenvalue weighted by atomic mass is 16.5. The molecule has 17 heavy (non-hydrogen) atoms. The van der Waals surface area contributed by atoms with E-state index in [2.05, 4.69) is 56.7 Å². The molecular weight excluding hydrogens is 210 g/mol. The lowest BCUT2D eigenvalue weighted by atomic mass is 10.1. The van der Waals surface area contributed by atoms with Crippen LogP contribution in [-0.4, -0.2) is 10.7 Å². The van der Waals surface area contributed by atoms with Gasteiger partial charge in [-0.3, -0.25) is 0 Å². The summed E-state index contributed by atoms with van der Waals surface area (Å²) in [5, 5.41) is 1.36. The van der Waals surface area contributed by atoms with E-state index in [4.69, 9.17) is 4.74 Å². The highest BCUT2D eigenvalue weighted by Crippen LogP contribution is 2.25. The maximum Gasteiger partial charge on any atom is 0.0741 e. The van der Waals surface area contributed by atoms with Crippen LogP contribution in [0.15, 0.2) is 24.4 Å². The van der Waals surface area contributed by atoms with Gasteiger partial charge in [-0.15, -0.1) is 0 Å². The molecule has 0 saturated heterocycles. The third-order valence-electron chi connectivity index (χ3n) is 3.11. The van der Waals surface area contributed by atoms with E-state index in [1.165, 1.54) is 22.0 Å². The lowest BCUT2D eigenvalue weighted by molar-refractivity contribution is 0.0663. The van der Waals surface area contributed by atoms with Gasteiger partial charge in [0.05, 0.1) is 12.7 Å². The van der Waals surface area contributed by atoms with Crippen molar-refractivity contribution in [3.63, 3.8) is 0 Å². The van der Waals surface area contributed by atoms with Gasteiger partial charge < -0.3 is 9.30 Å². The zero-order valence-corrected chi connectivity index (χ0v) is 11.2. The third-order valence-corrected chi connectivity index (χ3v) is 3.11. The summed E-state index contributed by atoms with van der Waals surface area (Å²) in [6, 6.07) is 6.48. The summed E-state index contributed by atoms with van der Waals surface area (Å²) < 4.78 is 8.03. The van der Waals surface area contributed by atoms with Gasteiger partial charge in [-0.05, 0) is 39.3 Å². The number of fused-ring (bicyclic) bond motifs is 1. The molecule has 0 aliphatic heterocycles. The smallest absolute Gasteiger partial charge is 0.0741 e. The van der Waals surface area contributed by atoms with Gasteiger partial charge in [0.25, 0.3) is 0 Å². The third kappa shape index (κ3) is 2.37. The number of nitrogens with zero attached hydrogens (tertiary/aromatic N) is 1. The maximum absolute atomic E-state index is 5.74. The molecule has 0 aliphatic carbocycles. The van der Waals surface area contributed by atoms with E-state index in [1.807, 2.05) is 0 Å². The minimum absolute atomic E-state index is 0.277. The van der Waals surface area contributed by atoms with Crippen molar-refractivity contribution in [2.75, 3.05) is 0 Å². The van der Waals surface area contributed by atoms with Gasteiger partial charge >= 0.3 is 0 Å². The Kier molecular flexibility index (Phi) is 3.53. The molecule has 0 amide bonds. The lowest BCUT2D eigenvalue weighted by Crippen LogP contribution is -2.02. The number of hydrogen-bond donors (Lipinski definition) is 0. The van der Waals surface area contributed by atoms with Crippen molar-refractivity contribution in [2.24, 2.45) is 0 Å². The topological polar surface area (TPSA) is 14.2 Å². The van der Waals surface area contributed by atoms with Crippen LogP contribution in [0, 0.1) is 6.92 Å². The summed E-state index contributed by atoms with van der Waals surface area (Å²) in [6.07, 6.45) is 2.50. The summed E-state index contributed by atoms with van der Waals surface area (Å²) in [5.41, 5.74) is 3.94. The molecule has 0 unspecified atom stereocenters. The molecule has 2 rings (SSSR count). The van der Waals surface area contributed by atoms with E-state index >= 15 is 0 Å². The quantitative estimate of drug-likeness (QED) is 0.778. The number of aromatic nitrogens is 1.